The lowest BCUT2D eigenvalue weighted by Gasteiger charge is -2.16. The molecule has 2 aromatic heterocycles. The highest BCUT2D eigenvalue weighted by atomic mass is 32.2. The monoisotopic (exact) mass is 544 g/mol. The van der Waals surface area contributed by atoms with Crippen molar-refractivity contribution in [2.24, 2.45) is 17.2 Å². The fourth-order valence-electron chi connectivity index (χ4n) is 3.59. The Labute approximate surface area is 216 Å². The van der Waals surface area contributed by atoms with Crippen LogP contribution in [-0.2, 0) is 25.2 Å². The van der Waals surface area contributed by atoms with E-state index >= 15 is 0 Å². The number of hydrogen-bond donors (Lipinski definition) is 7. The first kappa shape index (κ1) is 30.6. The highest BCUT2D eigenvalue weighted by Crippen LogP contribution is 2.32. The van der Waals surface area contributed by atoms with Crippen LogP contribution in [0.15, 0.2) is 12.7 Å². The third-order valence-corrected chi connectivity index (χ3v) is 7.64. The van der Waals surface area contributed by atoms with E-state index in [9.17, 15) is 24.9 Å². The van der Waals surface area contributed by atoms with Gasteiger partial charge in [-0.05, 0) is 30.3 Å². The number of ether oxygens (including phenoxy) is 1. The number of nitrogen functional groups attached to an aromatic ring is 1. The molecule has 1 fully saturated rings. The van der Waals surface area contributed by atoms with E-state index in [1.807, 2.05) is 6.26 Å². The highest BCUT2D eigenvalue weighted by molar-refractivity contribution is 7.96. The molecule has 1 saturated heterocycles. The fraction of sp³-hybridized carbons (Fsp3) is 0.667. The maximum Gasteiger partial charge on any atom is 0.320 e. The largest absolute Gasteiger partial charge is 0.548 e. The summed E-state index contributed by atoms with van der Waals surface area (Å²) >= 11 is 0. The van der Waals surface area contributed by atoms with Gasteiger partial charge in [-0.2, -0.15) is 0 Å². The number of nitrogens with two attached hydrogens (primary N) is 4. The zero-order chi connectivity index (χ0) is 27.7. The minimum absolute atomic E-state index is 0.216. The van der Waals surface area contributed by atoms with E-state index in [0.29, 0.717) is 42.1 Å². The number of carbonyl (C=O) groups excluding carboxylic acids is 1. The van der Waals surface area contributed by atoms with E-state index in [4.69, 9.17) is 32.8 Å². The van der Waals surface area contributed by atoms with Gasteiger partial charge in [0.25, 0.3) is 0 Å². The molecule has 0 saturated carbocycles. The number of unbranched alkanes of at least 4 members (excludes halogenated alkanes) is 1. The van der Waals surface area contributed by atoms with Crippen LogP contribution in [0.5, 0.6) is 0 Å². The lowest BCUT2D eigenvalue weighted by atomic mass is 10.1. The van der Waals surface area contributed by atoms with E-state index in [2.05, 4.69) is 15.0 Å². The van der Waals surface area contributed by atoms with Crippen LogP contribution in [-0.4, -0.2) is 101 Å². The van der Waals surface area contributed by atoms with Crippen LogP contribution < -0.4 is 28.0 Å². The standard InChI is InChI=1S/C15H22N6O5S.C6H14N2O2/c1-27(3-2-7(16)15(24)25)4-8-10(22)11(23)14(26-8)21-6-20-9-12(17)18-5-19-13(9)21;7-4-2-1-3-5(8)6(9)10/h5-8,10-11,14,22-23H,2-4,16H2,1H3,(H2-,17,18,19,24,25);5H,1-4,7-8H2,(H,9,10)/t7-,8+,10+,11+,14+,27?;5-/m00/s1. The summed E-state index contributed by atoms with van der Waals surface area (Å²) in [5.41, 5.74) is 22.4. The second-order valence-corrected chi connectivity index (χ2v) is 11.0. The number of anilines is 1. The van der Waals surface area contributed by atoms with E-state index < -0.39 is 48.6 Å². The van der Waals surface area contributed by atoms with Gasteiger partial charge in [0, 0.05) is 12.5 Å². The summed E-state index contributed by atoms with van der Waals surface area (Å²) in [5, 5.41) is 39.7. The quantitative estimate of drug-likeness (QED) is 0.0999. The SMILES string of the molecule is C[S+](CC[C@H](N)C(=O)O)C[C@H]1O[C@@H](n2cnc3c(N)ncnc32)[C@H](O)[C@@H]1O.NCCCC[C@H](N)C(=O)[O-]. The number of aromatic nitrogens is 4. The Morgan fingerprint density at radius 2 is 1.86 bits per heavy atom. The van der Waals surface area contributed by atoms with Crippen LogP contribution in [0.1, 0.15) is 31.9 Å². The van der Waals surface area contributed by atoms with Crippen molar-refractivity contribution in [3.8, 4) is 0 Å². The van der Waals surface area contributed by atoms with Crippen molar-refractivity contribution in [3.05, 3.63) is 12.7 Å². The Morgan fingerprint density at radius 1 is 1.16 bits per heavy atom. The van der Waals surface area contributed by atoms with Crippen LogP contribution in [0.3, 0.4) is 0 Å². The molecule has 1 aliphatic rings. The molecule has 7 atom stereocenters. The minimum Gasteiger partial charge on any atom is -0.548 e. The first-order valence-electron chi connectivity index (χ1n) is 11.7. The molecule has 0 bridgehead atoms. The molecule has 0 spiro atoms. The zero-order valence-electron chi connectivity index (χ0n) is 20.5. The first-order valence-corrected chi connectivity index (χ1v) is 13.6. The van der Waals surface area contributed by atoms with E-state index in [0.717, 1.165) is 12.8 Å². The van der Waals surface area contributed by atoms with Crippen LogP contribution >= 0.6 is 0 Å². The van der Waals surface area contributed by atoms with Gasteiger partial charge in [-0.1, -0.05) is 6.42 Å². The average Bonchev–Trinajstić information content (AvgIpc) is 3.40. The number of nitrogens with zero attached hydrogens (tertiary/aromatic N) is 4. The molecule has 3 heterocycles. The van der Waals surface area contributed by atoms with E-state index in [1.165, 1.54) is 17.2 Å². The number of carbonyl (C=O) groups is 2. The van der Waals surface area contributed by atoms with Crippen molar-refractivity contribution in [1.82, 2.24) is 19.5 Å². The predicted molar refractivity (Wildman–Crippen MR) is 135 cm³/mol. The topological polar surface area (TPSA) is 275 Å². The second kappa shape index (κ2) is 14.4. The third kappa shape index (κ3) is 8.46. The number of imidazole rings is 1. The summed E-state index contributed by atoms with van der Waals surface area (Å²) < 4.78 is 7.41. The van der Waals surface area contributed by atoms with Crippen LogP contribution in [0, 0.1) is 0 Å². The molecule has 208 valence electrons. The molecule has 0 radical (unpaired) electrons. The van der Waals surface area contributed by atoms with Crippen LogP contribution in [0.4, 0.5) is 5.82 Å². The van der Waals surface area contributed by atoms with Gasteiger partial charge in [-0.15, -0.1) is 0 Å². The normalized spacial score (nSPS) is 23.7. The number of hydrogen-bond acceptors (Lipinski definition) is 13. The summed E-state index contributed by atoms with van der Waals surface area (Å²) in [6.07, 6.45) is 3.34. The Kier molecular flexibility index (Phi) is 11.9. The lowest BCUT2D eigenvalue weighted by Crippen LogP contribution is -2.41. The molecule has 15 nitrogen and oxygen atoms in total. The van der Waals surface area contributed by atoms with Gasteiger partial charge >= 0.3 is 5.97 Å². The lowest BCUT2D eigenvalue weighted by molar-refractivity contribution is -0.307. The molecular weight excluding hydrogens is 508 g/mol. The molecule has 0 aromatic carbocycles. The molecular formula is C21H36N8O7S. The maximum absolute atomic E-state index is 10.8. The average molecular weight is 545 g/mol. The van der Waals surface area contributed by atoms with Gasteiger partial charge in [0.2, 0.25) is 0 Å². The smallest absolute Gasteiger partial charge is 0.320 e. The fourth-order valence-corrected chi connectivity index (χ4v) is 5.25. The summed E-state index contributed by atoms with van der Waals surface area (Å²) in [7, 11) is -0.235. The molecule has 0 aliphatic carbocycles. The summed E-state index contributed by atoms with van der Waals surface area (Å²) in [6.45, 7) is 0.583. The first-order chi connectivity index (χ1) is 17.5. The number of aliphatic hydroxyl groups excluding tert-OH is 2. The summed E-state index contributed by atoms with van der Waals surface area (Å²) in [4.78, 5) is 33.0. The minimum atomic E-state index is -1.18. The Bertz CT molecular complexity index is 1030. The number of rotatable bonds is 12. The number of aliphatic carboxylic acids is 2. The Hall–Kier alpha value is -2.60. The Balaban J connectivity index is 0.000000410. The van der Waals surface area contributed by atoms with Crippen molar-refractivity contribution in [3.63, 3.8) is 0 Å². The maximum atomic E-state index is 10.8. The van der Waals surface area contributed by atoms with Gasteiger partial charge < -0.3 is 52.9 Å². The molecule has 3 rings (SSSR count). The molecule has 1 unspecified atom stereocenters. The number of carboxylic acids is 2. The van der Waals surface area contributed by atoms with Crippen LogP contribution in [0.2, 0.25) is 0 Å². The van der Waals surface area contributed by atoms with Gasteiger partial charge in [0.1, 0.15) is 47.7 Å². The van der Waals surface area contributed by atoms with Crippen molar-refractivity contribution in [1.29, 1.82) is 0 Å². The van der Waals surface area contributed by atoms with Gasteiger partial charge in [0.05, 0.1) is 18.6 Å². The van der Waals surface area contributed by atoms with Crippen molar-refractivity contribution < 1.29 is 34.8 Å². The molecule has 11 N–H and O–H groups in total. The zero-order valence-corrected chi connectivity index (χ0v) is 21.4. The second-order valence-electron chi connectivity index (χ2n) is 8.72. The molecule has 37 heavy (non-hydrogen) atoms. The Morgan fingerprint density at radius 3 is 2.49 bits per heavy atom. The van der Waals surface area contributed by atoms with Gasteiger partial charge in [-0.3, -0.25) is 9.36 Å². The molecule has 0 amide bonds. The third-order valence-electron chi connectivity index (χ3n) is 5.81. The number of carboxylic acid groups (broad SMARTS) is 2. The van der Waals surface area contributed by atoms with Gasteiger partial charge in [0.15, 0.2) is 17.7 Å². The molecule has 1 aliphatic heterocycles. The highest BCUT2D eigenvalue weighted by Gasteiger charge is 2.46. The predicted octanol–water partition coefficient (Wildman–Crippen LogP) is -3.73. The summed E-state index contributed by atoms with van der Waals surface area (Å²) in [6, 6.07) is -1.73. The van der Waals surface area contributed by atoms with Gasteiger partial charge in [-0.25, -0.2) is 15.0 Å². The number of aliphatic hydroxyl groups is 2. The van der Waals surface area contributed by atoms with E-state index in [-0.39, 0.29) is 16.7 Å². The van der Waals surface area contributed by atoms with Crippen molar-refractivity contribution >= 4 is 39.8 Å². The summed E-state index contributed by atoms with van der Waals surface area (Å²) in [5.74, 6) is -0.929. The van der Waals surface area contributed by atoms with Crippen molar-refractivity contribution in [2.75, 3.05) is 30.0 Å². The molecule has 2 aromatic rings. The van der Waals surface area contributed by atoms with E-state index in [1.54, 1.807) is 0 Å². The molecule has 16 heteroatoms. The number of fused-ring (bicyclic) bond motifs is 1. The van der Waals surface area contributed by atoms with Crippen molar-refractivity contribution in [2.45, 2.75) is 62.3 Å². The van der Waals surface area contributed by atoms with Crippen LogP contribution in [0.25, 0.3) is 11.2 Å².